The van der Waals surface area contributed by atoms with Gasteiger partial charge in [0, 0.05) is 19.3 Å². The smallest absolute Gasteiger partial charge is 0.410 e. The molecule has 0 saturated carbocycles. The molecule has 0 aliphatic carbocycles. The number of rotatable bonds is 5. The number of sulfone groups is 1. The van der Waals surface area contributed by atoms with Crippen LogP contribution in [-0.2, 0) is 14.6 Å². The molecule has 1 aliphatic heterocycles. The average molecular weight is 410 g/mol. The lowest BCUT2D eigenvalue weighted by atomic mass is 9.87. The Morgan fingerprint density at radius 2 is 1.79 bits per heavy atom. The molecule has 1 aromatic rings. The van der Waals surface area contributed by atoms with Crippen molar-refractivity contribution < 1.29 is 23.1 Å². The van der Waals surface area contributed by atoms with Gasteiger partial charge in [0.2, 0.25) is 0 Å². The van der Waals surface area contributed by atoms with E-state index in [9.17, 15) is 18.3 Å². The van der Waals surface area contributed by atoms with Crippen molar-refractivity contribution in [3.63, 3.8) is 0 Å². The van der Waals surface area contributed by atoms with Crippen molar-refractivity contribution in [3.05, 3.63) is 35.9 Å². The van der Waals surface area contributed by atoms with E-state index in [0.29, 0.717) is 43.7 Å². The van der Waals surface area contributed by atoms with E-state index >= 15 is 0 Å². The summed E-state index contributed by atoms with van der Waals surface area (Å²) in [5.74, 6) is 0. The van der Waals surface area contributed by atoms with E-state index < -0.39 is 21.0 Å². The van der Waals surface area contributed by atoms with Gasteiger partial charge in [-0.25, -0.2) is 13.2 Å². The minimum atomic E-state index is -3.18. The molecule has 1 N–H and O–H groups in total. The van der Waals surface area contributed by atoms with Gasteiger partial charge in [-0.15, -0.1) is 0 Å². The summed E-state index contributed by atoms with van der Waals surface area (Å²) >= 11 is 0. The third-order valence-electron chi connectivity index (χ3n) is 4.74. The predicted octanol–water partition coefficient (Wildman–Crippen LogP) is 3.65. The third-order valence-corrected chi connectivity index (χ3v) is 5.87. The molecule has 1 heterocycles. The zero-order chi connectivity index (χ0) is 21.0. The van der Waals surface area contributed by atoms with Gasteiger partial charge in [0.15, 0.2) is 9.84 Å². The van der Waals surface area contributed by atoms with Crippen molar-refractivity contribution in [1.82, 2.24) is 4.90 Å². The van der Waals surface area contributed by atoms with Gasteiger partial charge in [-0.1, -0.05) is 24.3 Å². The van der Waals surface area contributed by atoms with E-state index in [1.54, 1.807) is 29.2 Å². The zero-order valence-electron chi connectivity index (χ0n) is 17.1. The molecule has 0 radical (unpaired) electrons. The second kappa shape index (κ2) is 8.66. The molecule has 0 unspecified atom stereocenters. The van der Waals surface area contributed by atoms with Gasteiger partial charge in [0.25, 0.3) is 0 Å². The van der Waals surface area contributed by atoms with Crippen LogP contribution in [0.25, 0.3) is 6.08 Å². The maximum atomic E-state index is 12.1. The van der Waals surface area contributed by atoms with Gasteiger partial charge in [-0.05, 0) is 64.2 Å². The number of piperidine rings is 1. The lowest BCUT2D eigenvalue weighted by Gasteiger charge is -2.38. The number of benzene rings is 1. The van der Waals surface area contributed by atoms with Gasteiger partial charge in [-0.3, -0.25) is 0 Å². The quantitative estimate of drug-likeness (QED) is 0.803. The van der Waals surface area contributed by atoms with Crippen LogP contribution in [-0.4, -0.2) is 55.1 Å². The normalized spacial score (nSPS) is 17.7. The molecule has 0 aromatic heterocycles. The van der Waals surface area contributed by atoms with Crippen molar-refractivity contribution in [3.8, 4) is 0 Å². The van der Waals surface area contributed by atoms with Crippen LogP contribution in [0.4, 0.5) is 4.79 Å². The molecule has 7 heteroatoms. The van der Waals surface area contributed by atoms with Crippen LogP contribution in [0.5, 0.6) is 0 Å². The first-order chi connectivity index (χ1) is 12.9. The molecule has 1 fully saturated rings. The Morgan fingerprint density at radius 3 is 2.29 bits per heavy atom. The van der Waals surface area contributed by atoms with Gasteiger partial charge >= 0.3 is 6.09 Å². The van der Waals surface area contributed by atoms with Crippen LogP contribution in [0.15, 0.2) is 35.2 Å². The molecule has 1 aromatic carbocycles. The molecular formula is C21H31NO5S. The summed E-state index contributed by atoms with van der Waals surface area (Å²) in [6.07, 6.45) is 7.15. The number of hydrogen-bond donors (Lipinski definition) is 1. The minimum Gasteiger partial charge on any atom is -0.444 e. The molecule has 1 aliphatic rings. The van der Waals surface area contributed by atoms with E-state index in [2.05, 4.69) is 0 Å². The Kier molecular flexibility index (Phi) is 6.93. The third kappa shape index (κ3) is 6.95. The maximum Gasteiger partial charge on any atom is 0.410 e. The predicted molar refractivity (Wildman–Crippen MR) is 110 cm³/mol. The summed E-state index contributed by atoms with van der Waals surface area (Å²) in [6.45, 7) is 6.49. The number of ether oxygens (including phenoxy) is 1. The summed E-state index contributed by atoms with van der Waals surface area (Å²) in [5, 5.41) is 10.7. The van der Waals surface area contributed by atoms with Crippen molar-refractivity contribution in [1.29, 1.82) is 0 Å². The maximum absolute atomic E-state index is 12.1. The number of carbonyl (C=O) groups excluding carboxylic acids is 1. The number of nitrogens with zero attached hydrogens (tertiary/aromatic N) is 1. The van der Waals surface area contributed by atoms with Crippen LogP contribution >= 0.6 is 0 Å². The van der Waals surface area contributed by atoms with Gasteiger partial charge in [0.1, 0.15) is 5.60 Å². The number of likely N-dealkylation sites (tertiary alicyclic amines) is 1. The topological polar surface area (TPSA) is 83.9 Å². The Balaban J connectivity index is 1.80. The van der Waals surface area contributed by atoms with Gasteiger partial charge < -0.3 is 14.7 Å². The molecule has 0 bridgehead atoms. The summed E-state index contributed by atoms with van der Waals surface area (Å²) in [6, 6.07) is 6.71. The number of hydrogen-bond acceptors (Lipinski definition) is 5. The van der Waals surface area contributed by atoms with E-state index in [1.807, 2.05) is 32.9 Å². The first-order valence-electron chi connectivity index (χ1n) is 9.55. The molecular weight excluding hydrogens is 378 g/mol. The van der Waals surface area contributed by atoms with E-state index in [4.69, 9.17) is 4.74 Å². The average Bonchev–Trinajstić information content (AvgIpc) is 2.57. The van der Waals surface area contributed by atoms with Crippen LogP contribution in [0, 0.1) is 0 Å². The highest BCUT2D eigenvalue weighted by Gasteiger charge is 2.34. The summed E-state index contributed by atoms with van der Waals surface area (Å²) in [4.78, 5) is 14.1. The van der Waals surface area contributed by atoms with Crippen molar-refractivity contribution >= 4 is 22.0 Å². The van der Waals surface area contributed by atoms with Crippen LogP contribution < -0.4 is 0 Å². The van der Waals surface area contributed by atoms with Crippen molar-refractivity contribution in [2.45, 2.75) is 62.6 Å². The monoisotopic (exact) mass is 409 g/mol. The van der Waals surface area contributed by atoms with Crippen molar-refractivity contribution in [2.24, 2.45) is 0 Å². The molecule has 0 spiro atoms. The standard InChI is InChI=1S/C21H31NO5S/c1-20(2,3)27-19(23)22-15-13-21(24,14-16-22)12-6-5-7-17-8-10-18(11-9-17)28(4,25)26/h5,7-11,24H,6,12-16H2,1-4H3/b7-5+. The largest absolute Gasteiger partial charge is 0.444 e. The number of carbonyl (C=O) groups is 1. The molecule has 6 nitrogen and oxygen atoms in total. The number of aliphatic hydroxyl groups is 1. The minimum absolute atomic E-state index is 0.302. The molecule has 156 valence electrons. The van der Waals surface area contributed by atoms with Crippen molar-refractivity contribution in [2.75, 3.05) is 19.3 Å². The van der Waals surface area contributed by atoms with Crippen LogP contribution in [0.2, 0.25) is 0 Å². The fourth-order valence-corrected chi connectivity index (χ4v) is 3.71. The highest BCUT2D eigenvalue weighted by molar-refractivity contribution is 7.90. The second-order valence-corrected chi connectivity index (χ2v) is 10.5. The van der Waals surface area contributed by atoms with Crippen LogP contribution in [0.3, 0.4) is 0 Å². The first-order valence-corrected chi connectivity index (χ1v) is 11.4. The van der Waals surface area contributed by atoms with Gasteiger partial charge in [0.05, 0.1) is 10.5 Å². The summed E-state index contributed by atoms with van der Waals surface area (Å²) < 4.78 is 28.3. The highest BCUT2D eigenvalue weighted by atomic mass is 32.2. The Hall–Kier alpha value is -1.86. The van der Waals surface area contributed by atoms with E-state index in [1.165, 1.54) is 6.26 Å². The fourth-order valence-electron chi connectivity index (χ4n) is 3.08. The zero-order valence-corrected chi connectivity index (χ0v) is 18.0. The molecule has 28 heavy (non-hydrogen) atoms. The van der Waals surface area contributed by atoms with E-state index in [0.717, 1.165) is 5.56 Å². The number of allylic oxidation sites excluding steroid dienone is 1. The molecule has 2 rings (SSSR count). The van der Waals surface area contributed by atoms with Gasteiger partial charge in [-0.2, -0.15) is 0 Å². The SMILES string of the molecule is CC(C)(C)OC(=O)N1CCC(O)(CC/C=C/c2ccc(S(C)(=O)=O)cc2)CC1. The summed E-state index contributed by atoms with van der Waals surface area (Å²) in [5.41, 5.74) is -0.378. The Bertz CT molecular complexity index is 798. The second-order valence-electron chi connectivity index (χ2n) is 8.47. The Morgan fingerprint density at radius 1 is 1.21 bits per heavy atom. The van der Waals surface area contributed by atoms with E-state index in [-0.39, 0.29) is 6.09 Å². The lowest BCUT2D eigenvalue weighted by molar-refractivity contribution is -0.0359. The fraction of sp³-hybridized carbons (Fsp3) is 0.571. The number of amides is 1. The molecule has 1 saturated heterocycles. The molecule has 1 amide bonds. The molecule has 0 atom stereocenters. The Labute approximate surface area is 168 Å². The summed E-state index contributed by atoms with van der Waals surface area (Å²) in [7, 11) is -3.18. The highest BCUT2D eigenvalue weighted by Crippen LogP contribution is 2.28. The van der Waals surface area contributed by atoms with Crippen LogP contribution in [0.1, 0.15) is 52.0 Å². The first kappa shape index (κ1) is 22.4. The lowest BCUT2D eigenvalue weighted by Crippen LogP contribution is -2.48.